The number of carbonyl (C=O) groups is 2. The molecule has 0 spiro atoms. The third-order valence-electron chi connectivity index (χ3n) is 3.35. The number of hydrogen-bond donors (Lipinski definition) is 2. The maximum absolute atomic E-state index is 11.9. The van der Waals surface area contributed by atoms with Crippen LogP contribution in [0.4, 0.5) is 0 Å². The Bertz CT molecular complexity index is 508. The molecule has 1 atom stereocenters. The predicted molar refractivity (Wildman–Crippen MR) is 75.5 cm³/mol. The molecule has 20 heavy (non-hydrogen) atoms. The van der Waals surface area contributed by atoms with Crippen LogP contribution in [0.25, 0.3) is 0 Å². The smallest absolute Gasteiger partial charge is 0.251 e. The number of aryl methyl sites for hydroxylation is 1. The fourth-order valence-corrected chi connectivity index (χ4v) is 2.20. The highest BCUT2D eigenvalue weighted by atomic mass is 16.5. The highest BCUT2D eigenvalue weighted by Crippen LogP contribution is 2.16. The average Bonchev–Trinajstić information content (AvgIpc) is 2.82. The van der Waals surface area contributed by atoms with E-state index in [1.54, 1.807) is 12.1 Å². The van der Waals surface area contributed by atoms with Crippen LogP contribution < -0.4 is 10.6 Å². The lowest BCUT2D eigenvalue weighted by Crippen LogP contribution is -2.50. The molecule has 0 aliphatic carbocycles. The summed E-state index contributed by atoms with van der Waals surface area (Å²) >= 11 is 0. The molecule has 0 aromatic heterocycles. The van der Waals surface area contributed by atoms with Gasteiger partial charge >= 0.3 is 0 Å². The molecular formula is C15H20N2O3. The third kappa shape index (κ3) is 3.81. The van der Waals surface area contributed by atoms with Gasteiger partial charge in [-0.25, -0.2) is 0 Å². The molecule has 1 unspecified atom stereocenters. The van der Waals surface area contributed by atoms with Crippen LogP contribution in [0.3, 0.4) is 0 Å². The van der Waals surface area contributed by atoms with Crippen LogP contribution in [0.2, 0.25) is 0 Å². The number of rotatable bonds is 4. The zero-order valence-electron chi connectivity index (χ0n) is 11.9. The van der Waals surface area contributed by atoms with E-state index in [4.69, 9.17) is 4.74 Å². The van der Waals surface area contributed by atoms with Crippen molar-refractivity contribution in [3.05, 3.63) is 35.4 Å². The van der Waals surface area contributed by atoms with Gasteiger partial charge in [-0.15, -0.1) is 0 Å². The van der Waals surface area contributed by atoms with Crippen LogP contribution >= 0.6 is 0 Å². The van der Waals surface area contributed by atoms with Crippen molar-refractivity contribution in [3.8, 4) is 0 Å². The standard InChI is InChI=1S/C15H20N2O3/c1-11-4-3-5-12(8-11)14(19)16-9-13(18)17-15(2)6-7-20-10-15/h3-5,8H,6-7,9-10H2,1-2H3,(H,16,19)(H,17,18). The lowest BCUT2D eigenvalue weighted by atomic mass is 10.0. The topological polar surface area (TPSA) is 67.4 Å². The van der Waals surface area contributed by atoms with E-state index in [-0.39, 0.29) is 23.9 Å². The summed E-state index contributed by atoms with van der Waals surface area (Å²) in [5.74, 6) is -0.435. The Morgan fingerprint density at radius 2 is 2.20 bits per heavy atom. The third-order valence-corrected chi connectivity index (χ3v) is 3.35. The maximum atomic E-state index is 11.9. The SMILES string of the molecule is Cc1cccc(C(=O)NCC(=O)NC2(C)CCOC2)c1. The van der Waals surface area contributed by atoms with Crippen molar-refractivity contribution in [1.29, 1.82) is 0 Å². The van der Waals surface area contributed by atoms with Gasteiger partial charge in [0.2, 0.25) is 5.91 Å². The minimum atomic E-state index is -0.314. The molecule has 5 nitrogen and oxygen atoms in total. The van der Waals surface area contributed by atoms with E-state index in [1.165, 1.54) is 0 Å². The second kappa shape index (κ2) is 6.05. The molecule has 2 rings (SSSR count). The van der Waals surface area contributed by atoms with Crippen LogP contribution in [0.5, 0.6) is 0 Å². The summed E-state index contributed by atoms with van der Waals surface area (Å²) in [4.78, 5) is 23.7. The Labute approximate surface area is 118 Å². The first-order valence-electron chi connectivity index (χ1n) is 6.72. The van der Waals surface area contributed by atoms with Crippen LogP contribution in [0.1, 0.15) is 29.3 Å². The van der Waals surface area contributed by atoms with Crippen LogP contribution in [-0.4, -0.2) is 37.1 Å². The molecule has 2 amide bonds. The van der Waals surface area contributed by atoms with E-state index >= 15 is 0 Å². The first-order valence-corrected chi connectivity index (χ1v) is 6.72. The normalized spacial score (nSPS) is 21.5. The summed E-state index contributed by atoms with van der Waals surface area (Å²) in [5, 5.41) is 5.52. The van der Waals surface area contributed by atoms with E-state index in [0.29, 0.717) is 18.8 Å². The minimum absolute atomic E-state index is 0.0254. The molecule has 1 heterocycles. The molecule has 0 saturated carbocycles. The Kier molecular flexibility index (Phi) is 4.39. The second-order valence-electron chi connectivity index (χ2n) is 5.46. The van der Waals surface area contributed by atoms with E-state index in [9.17, 15) is 9.59 Å². The van der Waals surface area contributed by atoms with Crippen molar-refractivity contribution in [3.63, 3.8) is 0 Å². The van der Waals surface area contributed by atoms with Gasteiger partial charge in [-0.1, -0.05) is 17.7 Å². The van der Waals surface area contributed by atoms with E-state index in [2.05, 4.69) is 10.6 Å². The number of benzene rings is 1. The Balaban J connectivity index is 1.82. The van der Waals surface area contributed by atoms with Gasteiger partial charge < -0.3 is 15.4 Å². The van der Waals surface area contributed by atoms with Gasteiger partial charge in [0.05, 0.1) is 18.7 Å². The molecule has 1 aromatic rings. The lowest BCUT2D eigenvalue weighted by molar-refractivity contribution is -0.121. The molecule has 108 valence electrons. The van der Waals surface area contributed by atoms with Crippen molar-refractivity contribution >= 4 is 11.8 Å². The van der Waals surface area contributed by atoms with E-state index < -0.39 is 0 Å². The molecule has 1 saturated heterocycles. The minimum Gasteiger partial charge on any atom is -0.379 e. The first kappa shape index (κ1) is 14.5. The van der Waals surface area contributed by atoms with Gasteiger partial charge in [-0.3, -0.25) is 9.59 Å². The number of hydrogen-bond acceptors (Lipinski definition) is 3. The summed E-state index contributed by atoms with van der Waals surface area (Å²) in [6, 6.07) is 7.26. The largest absolute Gasteiger partial charge is 0.379 e. The summed E-state index contributed by atoms with van der Waals surface area (Å²) < 4.78 is 5.27. The van der Waals surface area contributed by atoms with E-state index in [0.717, 1.165) is 12.0 Å². The van der Waals surface area contributed by atoms with Gasteiger partial charge in [0.25, 0.3) is 5.91 Å². The lowest BCUT2D eigenvalue weighted by Gasteiger charge is -2.23. The fourth-order valence-electron chi connectivity index (χ4n) is 2.20. The summed E-state index contributed by atoms with van der Waals surface area (Å²) in [5.41, 5.74) is 1.26. The van der Waals surface area contributed by atoms with Crippen molar-refractivity contribution in [2.75, 3.05) is 19.8 Å². The molecular weight excluding hydrogens is 256 g/mol. The van der Waals surface area contributed by atoms with Gasteiger partial charge in [-0.05, 0) is 32.4 Å². The zero-order chi connectivity index (χ0) is 14.6. The van der Waals surface area contributed by atoms with Crippen molar-refractivity contribution < 1.29 is 14.3 Å². The Hall–Kier alpha value is -1.88. The van der Waals surface area contributed by atoms with Crippen LogP contribution in [0, 0.1) is 6.92 Å². The Morgan fingerprint density at radius 1 is 1.40 bits per heavy atom. The molecule has 1 aliphatic heterocycles. The van der Waals surface area contributed by atoms with Crippen LogP contribution in [0.15, 0.2) is 24.3 Å². The molecule has 1 aromatic carbocycles. The summed E-state index contributed by atoms with van der Waals surface area (Å²) in [7, 11) is 0. The highest BCUT2D eigenvalue weighted by molar-refractivity contribution is 5.96. The second-order valence-corrected chi connectivity index (χ2v) is 5.46. The van der Waals surface area contributed by atoms with Gasteiger partial charge in [0.1, 0.15) is 0 Å². The fraction of sp³-hybridized carbons (Fsp3) is 0.467. The van der Waals surface area contributed by atoms with Gasteiger partial charge in [0.15, 0.2) is 0 Å². The van der Waals surface area contributed by atoms with Crippen LogP contribution in [-0.2, 0) is 9.53 Å². The predicted octanol–water partition coefficient (Wildman–Crippen LogP) is 1.02. The van der Waals surface area contributed by atoms with Crippen molar-refractivity contribution in [1.82, 2.24) is 10.6 Å². The quantitative estimate of drug-likeness (QED) is 0.863. The van der Waals surface area contributed by atoms with Gasteiger partial charge in [0, 0.05) is 12.2 Å². The van der Waals surface area contributed by atoms with Crippen molar-refractivity contribution in [2.24, 2.45) is 0 Å². The highest BCUT2D eigenvalue weighted by Gasteiger charge is 2.31. The first-order chi connectivity index (χ1) is 9.48. The molecule has 2 N–H and O–H groups in total. The molecule has 5 heteroatoms. The monoisotopic (exact) mass is 276 g/mol. The summed E-state index contributed by atoms with van der Waals surface area (Å²) in [6.45, 7) is 5.02. The zero-order valence-corrected chi connectivity index (χ0v) is 11.9. The number of amides is 2. The number of carbonyl (C=O) groups excluding carboxylic acids is 2. The van der Waals surface area contributed by atoms with Crippen molar-refractivity contribution in [2.45, 2.75) is 25.8 Å². The number of ether oxygens (including phenoxy) is 1. The van der Waals surface area contributed by atoms with Gasteiger partial charge in [-0.2, -0.15) is 0 Å². The Morgan fingerprint density at radius 3 is 2.85 bits per heavy atom. The molecule has 1 fully saturated rings. The molecule has 0 bridgehead atoms. The maximum Gasteiger partial charge on any atom is 0.251 e. The van der Waals surface area contributed by atoms with E-state index in [1.807, 2.05) is 26.0 Å². The molecule has 0 radical (unpaired) electrons. The summed E-state index contributed by atoms with van der Waals surface area (Å²) in [6.07, 6.45) is 0.796. The molecule has 1 aliphatic rings. The average molecular weight is 276 g/mol. The number of nitrogens with one attached hydrogen (secondary N) is 2.